The van der Waals surface area contributed by atoms with Crippen molar-refractivity contribution in [1.82, 2.24) is 0 Å². The molecule has 0 aromatic heterocycles. The third kappa shape index (κ3) is 3.71. The van der Waals surface area contributed by atoms with Gasteiger partial charge in [-0.15, -0.1) is 0 Å². The van der Waals surface area contributed by atoms with Crippen LogP contribution in [0.3, 0.4) is 0 Å². The number of carboxylic acids is 1. The first-order chi connectivity index (χ1) is 8.38. The second kappa shape index (κ2) is 6.19. The van der Waals surface area contributed by atoms with Crippen LogP contribution in [0.5, 0.6) is 0 Å². The van der Waals surface area contributed by atoms with Gasteiger partial charge in [-0.2, -0.15) is 11.8 Å². The van der Waals surface area contributed by atoms with E-state index in [4.69, 9.17) is 5.11 Å². The first kappa shape index (κ1) is 15.0. The van der Waals surface area contributed by atoms with Gasteiger partial charge in [0, 0.05) is 0 Å². The zero-order chi connectivity index (χ0) is 13.8. The lowest BCUT2D eigenvalue weighted by molar-refractivity contribution is 0.0696. The Morgan fingerprint density at radius 1 is 1.44 bits per heavy atom. The van der Waals surface area contributed by atoms with E-state index in [1.807, 2.05) is 6.26 Å². The molecule has 0 heterocycles. The lowest BCUT2D eigenvalue weighted by Gasteiger charge is -2.06. The maximum absolute atomic E-state index is 13.5. The predicted molar refractivity (Wildman–Crippen MR) is 68.4 cm³/mol. The second-order valence-electron chi connectivity index (χ2n) is 3.62. The van der Waals surface area contributed by atoms with E-state index in [0.717, 1.165) is 18.2 Å². The van der Waals surface area contributed by atoms with E-state index in [9.17, 15) is 17.6 Å². The molecule has 4 nitrogen and oxygen atoms in total. The Morgan fingerprint density at radius 3 is 2.67 bits per heavy atom. The molecule has 0 atom stereocenters. The minimum atomic E-state index is -3.77. The smallest absolute Gasteiger partial charge is 0.335 e. The van der Waals surface area contributed by atoms with E-state index in [1.54, 1.807) is 0 Å². The van der Waals surface area contributed by atoms with Crippen molar-refractivity contribution in [2.24, 2.45) is 0 Å². The molecular formula is C11H13FO4S2. The van der Waals surface area contributed by atoms with Crippen LogP contribution in [0.25, 0.3) is 0 Å². The van der Waals surface area contributed by atoms with Crippen LogP contribution in [0.4, 0.5) is 4.39 Å². The highest BCUT2D eigenvalue weighted by Crippen LogP contribution is 2.19. The highest BCUT2D eigenvalue weighted by molar-refractivity contribution is 7.98. The van der Waals surface area contributed by atoms with Crippen molar-refractivity contribution in [3.8, 4) is 0 Å². The first-order valence-electron chi connectivity index (χ1n) is 5.13. The zero-order valence-electron chi connectivity index (χ0n) is 9.72. The lowest BCUT2D eigenvalue weighted by atomic mass is 10.2. The van der Waals surface area contributed by atoms with E-state index in [2.05, 4.69) is 0 Å². The summed E-state index contributed by atoms with van der Waals surface area (Å²) in [6.07, 6.45) is 2.25. The number of benzene rings is 1. The van der Waals surface area contributed by atoms with Crippen molar-refractivity contribution < 1.29 is 22.7 Å². The maximum atomic E-state index is 13.5. The zero-order valence-corrected chi connectivity index (χ0v) is 11.4. The summed E-state index contributed by atoms with van der Waals surface area (Å²) in [7, 11) is -3.77. The molecule has 1 N–H and O–H groups in total. The van der Waals surface area contributed by atoms with Gasteiger partial charge in [0.2, 0.25) is 0 Å². The van der Waals surface area contributed by atoms with Gasteiger partial charge in [-0.25, -0.2) is 17.6 Å². The summed E-state index contributed by atoms with van der Waals surface area (Å²) in [5, 5.41) is 8.76. The topological polar surface area (TPSA) is 71.4 Å². The fraction of sp³-hybridized carbons (Fsp3) is 0.364. The Morgan fingerprint density at radius 2 is 2.11 bits per heavy atom. The van der Waals surface area contributed by atoms with Gasteiger partial charge in [0.15, 0.2) is 9.84 Å². The standard InChI is InChI=1S/C11H13FO4S2/c1-17-5-2-6-18(15,16)10-7-8(11(13)14)3-4-9(10)12/h3-4,7H,2,5-6H2,1H3,(H,13,14). The van der Waals surface area contributed by atoms with Crippen molar-refractivity contribution in [1.29, 1.82) is 0 Å². The fourth-order valence-electron chi connectivity index (χ4n) is 1.38. The summed E-state index contributed by atoms with van der Waals surface area (Å²) in [6.45, 7) is 0. The number of rotatable bonds is 6. The summed E-state index contributed by atoms with van der Waals surface area (Å²) in [5.41, 5.74) is -0.236. The Labute approximate surface area is 109 Å². The van der Waals surface area contributed by atoms with Crippen LogP contribution in [-0.4, -0.2) is 37.3 Å². The largest absolute Gasteiger partial charge is 0.478 e. The van der Waals surface area contributed by atoms with Crippen LogP contribution in [0, 0.1) is 5.82 Å². The molecule has 0 spiro atoms. The van der Waals surface area contributed by atoms with Gasteiger partial charge in [0.1, 0.15) is 10.7 Å². The van der Waals surface area contributed by atoms with Crippen LogP contribution in [-0.2, 0) is 9.84 Å². The number of halogens is 1. The summed E-state index contributed by atoms with van der Waals surface area (Å²) in [6, 6.07) is 2.77. The van der Waals surface area contributed by atoms with Crippen LogP contribution in [0.1, 0.15) is 16.8 Å². The minimum absolute atomic E-state index is 0.187. The minimum Gasteiger partial charge on any atom is -0.478 e. The van der Waals surface area contributed by atoms with Crippen LogP contribution >= 0.6 is 11.8 Å². The molecular weight excluding hydrogens is 279 g/mol. The molecule has 7 heteroatoms. The first-order valence-corrected chi connectivity index (χ1v) is 8.17. The average Bonchev–Trinajstić information content (AvgIpc) is 2.29. The number of hydrogen-bond acceptors (Lipinski definition) is 4. The van der Waals surface area contributed by atoms with E-state index < -0.39 is 26.5 Å². The third-order valence-electron chi connectivity index (χ3n) is 2.27. The molecule has 0 aliphatic carbocycles. The Kier molecular flexibility index (Phi) is 5.15. The molecule has 0 aliphatic rings. The molecule has 0 saturated carbocycles. The van der Waals surface area contributed by atoms with Crippen LogP contribution in [0.2, 0.25) is 0 Å². The molecule has 100 valence electrons. The maximum Gasteiger partial charge on any atom is 0.335 e. The van der Waals surface area contributed by atoms with Crippen molar-refractivity contribution in [2.45, 2.75) is 11.3 Å². The average molecular weight is 292 g/mol. The molecule has 18 heavy (non-hydrogen) atoms. The molecule has 1 rings (SSSR count). The monoisotopic (exact) mass is 292 g/mol. The van der Waals surface area contributed by atoms with Crippen molar-refractivity contribution in [3.05, 3.63) is 29.6 Å². The molecule has 0 saturated heterocycles. The van der Waals surface area contributed by atoms with Crippen molar-refractivity contribution in [3.63, 3.8) is 0 Å². The number of carboxylic acid groups (broad SMARTS) is 1. The highest BCUT2D eigenvalue weighted by Gasteiger charge is 2.20. The normalized spacial score (nSPS) is 11.4. The lowest BCUT2D eigenvalue weighted by Crippen LogP contribution is -2.11. The molecule has 0 radical (unpaired) electrons. The Balaban J connectivity index is 3.07. The number of thioether (sulfide) groups is 1. The fourth-order valence-corrected chi connectivity index (χ4v) is 3.41. The van der Waals surface area contributed by atoms with Crippen LogP contribution < -0.4 is 0 Å². The third-order valence-corrected chi connectivity index (χ3v) is 4.78. The molecule has 1 aromatic rings. The van der Waals surface area contributed by atoms with Crippen molar-refractivity contribution in [2.75, 3.05) is 17.8 Å². The molecule has 0 amide bonds. The van der Waals surface area contributed by atoms with Gasteiger partial charge in [-0.1, -0.05) is 0 Å². The SMILES string of the molecule is CSCCCS(=O)(=O)c1cc(C(=O)O)ccc1F. The van der Waals surface area contributed by atoms with Gasteiger partial charge < -0.3 is 5.11 Å². The van der Waals surface area contributed by atoms with E-state index in [-0.39, 0.29) is 11.3 Å². The molecule has 1 aromatic carbocycles. The second-order valence-corrected chi connectivity index (χ2v) is 6.68. The van der Waals surface area contributed by atoms with Crippen LogP contribution in [0.15, 0.2) is 23.1 Å². The summed E-state index contributed by atoms with van der Waals surface area (Å²) in [4.78, 5) is 10.2. The highest BCUT2D eigenvalue weighted by atomic mass is 32.2. The van der Waals surface area contributed by atoms with Crippen molar-refractivity contribution >= 4 is 27.6 Å². The van der Waals surface area contributed by atoms with Gasteiger partial charge in [0.25, 0.3) is 0 Å². The number of sulfone groups is 1. The Hall–Kier alpha value is -1.08. The number of hydrogen-bond donors (Lipinski definition) is 1. The number of aromatic carboxylic acids is 1. The molecule has 0 aliphatic heterocycles. The van der Waals surface area contributed by atoms with E-state index >= 15 is 0 Å². The summed E-state index contributed by atoms with van der Waals surface area (Å²) in [5.74, 6) is -1.73. The van der Waals surface area contributed by atoms with Gasteiger partial charge >= 0.3 is 5.97 Å². The summed E-state index contributed by atoms with van der Waals surface area (Å²) < 4.78 is 37.2. The predicted octanol–water partition coefficient (Wildman–Crippen LogP) is 2.05. The molecule has 0 fully saturated rings. The Bertz CT molecular complexity index is 540. The van der Waals surface area contributed by atoms with E-state index in [0.29, 0.717) is 12.2 Å². The molecule has 0 bridgehead atoms. The van der Waals surface area contributed by atoms with Gasteiger partial charge in [-0.3, -0.25) is 0 Å². The quantitative estimate of drug-likeness (QED) is 0.812. The molecule has 0 unspecified atom stereocenters. The van der Waals surface area contributed by atoms with Gasteiger partial charge in [0.05, 0.1) is 11.3 Å². The summed E-state index contributed by atoms with van der Waals surface area (Å²) >= 11 is 1.50. The van der Waals surface area contributed by atoms with E-state index in [1.165, 1.54) is 11.8 Å². The number of carbonyl (C=O) groups is 1. The van der Waals surface area contributed by atoms with Gasteiger partial charge in [-0.05, 0) is 36.6 Å².